The van der Waals surface area contributed by atoms with Gasteiger partial charge in [-0.3, -0.25) is 9.59 Å². The molecular weight excluding hydrogens is 328 g/mol. The number of hydrogen-bond acceptors (Lipinski definition) is 3. The Bertz CT molecular complexity index is 786. The van der Waals surface area contributed by atoms with Crippen molar-refractivity contribution in [1.82, 2.24) is 10.2 Å². The van der Waals surface area contributed by atoms with Gasteiger partial charge in [-0.05, 0) is 49.6 Å². The molecule has 0 spiro atoms. The van der Waals surface area contributed by atoms with Gasteiger partial charge >= 0.3 is 0 Å². The number of hydrogen-bond donors (Lipinski definition) is 1. The van der Waals surface area contributed by atoms with E-state index in [2.05, 4.69) is 5.32 Å². The fraction of sp³-hybridized carbons (Fsp3) is 0.333. The molecule has 5 nitrogen and oxygen atoms in total. The largest absolute Gasteiger partial charge is 0.494 e. The van der Waals surface area contributed by atoms with Crippen molar-refractivity contribution in [2.45, 2.75) is 32.9 Å². The van der Waals surface area contributed by atoms with E-state index < -0.39 is 6.04 Å². The van der Waals surface area contributed by atoms with E-state index in [4.69, 9.17) is 4.74 Å². The first-order valence-corrected chi connectivity index (χ1v) is 8.98. The fourth-order valence-electron chi connectivity index (χ4n) is 3.13. The van der Waals surface area contributed by atoms with Crippen molar-refractivity contribution in [3.05, 3.63) is 65.2 Å². The van der Waals surface area contributed by atoms with Crippen LogP contribution in [-0.2, 0) is 17.8 Å². The highest BCUT2D eigenvalue weighted by Gasteiger charge is 2.33. The Hall–Kier alpha value is -2.82. The first-order valence-electron chi connectivity index (χ1n) is 8.98. The second-order valence-corrected chi connectivity index (χ2v) is 6.38. The third-order valence-corrected chi connectivity index (χ3v) is 4.64. The van der Waals surface area contributed by atoms with E-state index in [9.17, 15) is 9.59 Å². The SMILES string of the molecule is CCOc1ccc(CCNC(=O)C(C)N2Cc3ccccc3C2=O)cc1. The molecule has 136 valence electrons. The number of nitrogens with one attached hydrogen (secondary N) is 1. The van der Waals surface area contributed by atoms with Crippen LogP contribution in [0.1, 0.15) is 35.3 Å². The van der Waals surface area contributed by atoms with Gasteiger partial charge in [0.05, 0.1) is 6.61 Å². The second kappa shape index (κ2) is 8.04. The van der Waals surface area contributed by atoms with Gasteiger partial charge < -0.3 is 15.0 Å². The van der Waals surface area contributed by atoms with Crippen LogP contribution in [0.5, 0.6) is 5.75 Å². The molecule has 2 aromatic rings. The summed E-state index contributed by atoms with van der Waals surface area (Å²) in [7, 11) is 0. The summed E-state index contributed by atoms with van der Waals surface area (Å²) in [6, 6.07) is 14.9. The summed E-state index contributed by atoms with van der Waals surface area (Å²) in [5.41, 5.74) is 2.80. The minimum atomic E-state index is -0.491. The Labute approximate surface area is 154 Å². The molecule has 1 aliphatic heterocycles. The van der Waals surface area contributed by atoms with Gasteiger partial charge in [0.15, 0.2) is 0 Å². The van der Waals surface area contributed by atoms with Crippen molar-refractivity contribution in [3.63, 3.8) is 0 Å². The van der Waals surface area contributed by atoms with Crippen LogP contribution in [0.15, 0.2) is 48.5 Å². The quantitative estimate of drug-likeness (QED) is 0.834. The number of ether oxygens (including phenoxy) is 1. The van der Waals surface area contributed by atoms with Crippen molar-refractivity contribution in [3.8, 4) is 5.75 Å². The number of carbonyl (C=O) groups excluding carboxylic acids is 2. The molecule has 0 saturated carbocycles. The highest BCUT2D eigenvalue weighted by Crippen LogP contribution is 2.24. The summed E-state index contributed by atoms with van der Waals surface area (Å²) in [5.74, 6) is 0.646. The Morgan fingerprint density at radius 1 is 1.19 bits per heavy atom. The minimum Gasteiger partial charge on any atom is -0.494 e. The molecule has 0 fully saturated rings. The molecule has 1 aliphatic rings. The van der Waals surface area contributed by atoms with E-state index in [-0.39, 0.29) is 11.8 Å². The van der Waals surface area contributed by atoms with E-state index >= 15 is 0 Å². The number of amides is 2. The summed E-state index contributed by atoms with van der Waals surface area (Å²) in [5, 5.41) is 2.93. The van der Waals surface area contributed by atoms with Gasteiger partial charge in [0.25, 0.3) is 5.91 Å². The van der Waals surface area contributed by atoms with E-state index in [1.54, 1.807) is 11.8 Å². The maximum Gasteiger partial charge on any atom is 0.255 e. The maximum absolute atomic E-state index is 12.5. The minimum absolute atomic E-state index is 0.0743. The molecule has 0 aliphatic carbocycles. The fourth-order valence-corrected chi connectivity index (χ4v) is 3.13. The lowest BCUT2D eigenvalue weighted by Gasteiger charge is -2.23. The molecule has 1 heterocycles. The van der Waals surface area contributed by atoms with Crippen molar-refractivity contribution in [2.24, 2.45) is 0 Å². The number of benzene rings is 2. The van der Waals surface area contributed by atoms with Gasteiger partial charge in [-0.1, -0.05) is 30.3 Å². The Morgan fingerprint density at radius 3 is 2.62 bits per heavy atom. The van der Waals surface area contributed by atoms with E-state index in [1.165, 1.54) is 0 Å². The summed E-state index contributed by atoms with van der Waals surface area (Å²) >= 11 is 0. The van der Waals surface area contributed by atoms with Gasteiger partial charge in [-0.25, -0.2) is 0 Å². The van der Waals surface area contributed by atoms with Crippen molar-refractivity contribution in [1.29, 1.82) is 0 Å². The van der Waals surface area contributed by atoms with Crippen LogP contribution in [0.25, 0.3) is 0 Å². The zero-order chi connectivity index (χ0) is 18.5. The lowest BCUT2D eigenvalue weighted by Crippen LogP contribution is -2.45. The molecule has 5 heteroatoms. The number of rotatable bonds is 7. The highest BCUT2D eigenvalue weighted by atomic mass is 16.5. The molecule has 0 aromatic heterocycles. The number of carbonyl (C=O) groups is 2. The second-order valence-electron chi connectivity index (χ2n) is 6.38. The van der Waals surface area contributed by atoms with Crippen LogP contribution in [0.3, 0.4) is 0 Å². The zero-order valence-electron chi connectivity index (χ0n) is 15.2. The standard InChI is InChI=1S/C21H24N2O3/c1-3-26-18-10-8-16(9-11-18)12-13-22-20(24)15(2)23-14-17-6-4-5-7-19(17)21(23)25/h4-11,15H,3,12-14H2,1-2H3,(H,22,24). The Balaban J connectivity index is 1.50. The molecular formula is C21H24N2O3. The summed E-state index contributed by atoms with van der Waals surface area (Å²) in [4.78, 5) is 26.5. The summed E-state index contributed by atoms with van der Waals surface area (Å²) in [6.07, 6.45) is 0.735. The first kappa shape index (κ1) is 18.0. The maximum atomic E-state index is 12.5. The molecule has 26 heavy (non-hydrogen) atoms. The molecule has 3 rings (SSSR count). The third kappa shape index (κ3) is 3.87. The van der Waals surface area contributed by atoms with Crippen molar-refractivity contribution in [2.75, 3.05) is 13.2 Å². The van der Waals surface area contributed by atoms with E-state index in [0.717, 1.165) is 23.3 Å². The molecule has 1 unspecified atom stereocenters. The van der Waals surface area contributed by atoms with Crippen molar-refractivity contribution < 1.29 is 14.3 Å². The molecule has 2 amide bonds. The van der Waals surface area contributed by atoms with Crippen LogP contribution in [0.2, 0.25) is 0 Å². The lowest BCUT2D eigenvalue weighted by atomic mass is 10.1. The topological polar surface area (TPSA) is 58.6 Å². The lowest BCUT2D eigenvalue weighted by molar-refractivity contribution is -0.125. The molecule has 2 aromatic carbocycles. The van der Waals surface area contributed by atoms with E-state index in [1.807, 2.05) is 55.5 Å². The Kier molecular flexibility index (Phi) is 5.56. The molecule has 1 atom stereocenters. The average molecular weight is 352 g/mol. The Morgan fingerprint density at radius 2 is 1.92 bits per heavy atom. The number of nitrogens with zero attached hydrogens (tertiary/aromatic N) is 1. The monoisotopic (exact) mass is 352 g/mol. The zero-order valence-corrected chi connectivity index (χ0v) is 15.2. The predicted molar refractivity (Wildman–Crippen MR) is 100 cm³/mol. The van der Waals surface area contributed by atoms with Crippen LogP contribution in [0.4, 0.5) is 0 Å². The highest BCUT2D eigenvalue weighted by molar-refractivity contribution is 6.01. The van der Waals surface area contributed by atoms with Crippen LogP contribution in [-0.4, -0.2) is 35.9 Å². The average Bonchev–Trinajstić information content (AvgIpc) is 3.00. The van der Waals surface area contributed by atoms with Gasteiger partial charge in [0.2, 0.25) is 5.91 Å². The molecule has 0 saturated heterocycles. The molecule has 1 N–H and O–H groups in total. The smallest absolute Gasteiger partial charge is 0.255 e. The molecule has 0 bridgehead atoms. The molecule has 0 radical (unpaired) electrons. The van der Waals surface area contributed by atoms with Gasteiger partial charge in [-0.2, -0.15) is 0 Å². The third-order valence-electron chi connectivity index (χ3n) is 4.64. The van der Waals surface area contributed by atoms with Gasteiger partial charge in [-0.15, -0.1) is 0 Å². The van der Waals surface area contributed by atoms with Gasteiger partial charge in [0.1, 0.15) is 11.8 Å². The normalized spacial score (nSPS) is 14.1. The number of fused-ring (bicyclic) bond motifs is 1. The van der Waals surface area contributed by atoms with E-state index in [0.29, 0.717) is 25.3 Å². The van der Waals surface area contributed by atoms with Crippen LogP contribution < -0.4 is 10.1 Å². The van der Waals surface area contributed by atoms with Gasteiger partial charge in [0, 0.05) is 18.7 Å². The van der Waals surface area contributed by atoms with Crippen LogP contribution in [0, 0.1) is 0 Å². The van der Waals surface area contributed by atoms with Crippen molar-refractivity contribution >= 4 is 11.8 Å². The van der Waals surface area contributed by atoms with Crippen LogP contribution >= 0.6 is 0 Å². The summed E-state index contributed by atoms with van der Waals surface area (Å²) in [6.45, 7) is 5.39. The summed E-state index contributed by atoms with van der Waals surface area (Å²) < 4.78 is 5.42. The predicted octanol–water partition coefficient (Wildman–Crippen LogP) is 2.79. The first-order chi connectivity index (χ1) is 12.6.